The van der Waals surface area contributed by atoms with Gasteiger partial charge < -0.3 is 15.5 Å². The van der Waals surface area contributed by atoms with Crippen molar-refractivity contribution < 1.29 is 0 Å². The zero-order valence-corrected chi connectivity index (χ0v) is 12.2. The first kappa shape index (κ1) is 14.9. The molecule has 0 amide bonds. The lowest BCUT2D eigenvalue weighted by molar-refractivity contribution is 0.113. The number of nitrogens with two attached hydrogens (primary N) is 1. The van der Waals surface area contributed by atoms with Crippen molar-refractivity contribution in [3.63, 3.8) is 0 Å². The molecule has 1 aliphatic heterocycles. The highest BCUT2D eigenvalue weighted by molar-refractivity contribution is 4.77. The van der Waals surface area contributed by atoms with E-state index in [0.717, 1.165) is 6.54 Å². The molecule has 17 heavy (non-hydrogen) atoms. The summed E-state index contributed by atoms with van der Waals surface area (Å²) < 4.78 is 0. The standard InChI is InChI=1S/C14H31N3/c1-5-16-6-8-17(9-7-16)12-13(11-15)10-14(2,3)4/h13H,5-12,15H2,1-4H3. The lowest BCUT2D eigenvalue weighted by Gasteiger charge is -2.37. The molecule has 1 atom stereocenters. The minimum atomic E-state index is 0.398. The van der Waals surface area contributed by atoms with E-state index in [1.165, 1.54) is 45.7 Å². The van der Waals surface area contributed by atoms with Crippen molar-refractivity contribution in [1.29, 1.82) is 0 Å². The number of hydrogen-bond donors (Lipinski definition) is 1. The zero-order chi connectivity index (χ0) is 12.9. The van der Waals surface area contributed by atoms with Gasteiger partial charge in [0.15, 0.2) is 0 Å². The van der Waals surface area contributed by atoms with Gasteiger partial charge in [-0.25, -0.2) is 0 Å². The Morgan fingerprint density at radius 2 is 1.59 bits per heavy atom. The predicted octanol–water partition coefficient (Wildman–Crippen LogP) is 1.64. The molecule has 0 aliphatic carbocycles. The first-order valence-electron chi connectivity index (χ1n) is 7.09. The van der Waals surface area contributed by atoms with Crippen LogP contribution in [-0.2, 0) is 0 Å². The number of nitrogens with zero attached hydrogens (tertiary/aromatic N) is 2. The van der Waals surface area contributed by atoms with Gasteiger partial charge >= 0.3 is 0 Å². The number of likely N-dealkylation sites (N-methyl/N-ethyl adjacent to an activating group) is 1. The highest BCUT2D eigenvalue weighted by Gasteiger charge is 2.22. The van der Waals surface area contributed by atoms with Gasteiger partial charge in [-0.2, -0.15) is 0 Å². The van der Waals surface area contributed by atoms with Crippen molar-refractivity contribution in [2.45, 2.75) is 34.1 Å². The third kappa shape index (κ3) is 5.84. The number of rotatable bonds is 5. The average molecular weight is 241 g/mol. The fourth-order valence-corrected chi connectivity index (χ4v) is 2.74. The molecule has 102 valence electrons. The van der Waals surface area contributed by atoms with E-state index in [-0.39, 0.29) is 0 Å². The molecule has 0 aromatic rings. The van der Waals surface area contributed by atoms with Gasteiger partial charge in [0.25, 0.3) is 0 Å². The van der Waals surface area contributed by atoms with E-state index in [2.05, 4.69) is 37.5 Å². The van der Waals surface area contributed by atoms with Crippen LogP contribution in [0.1, 0.15) is 34.1 Å². The second-order valence-electron chi connectivity index (χ2n) is 6.60. The molecule has 1 aliphatic rings. The predicted molar refractivity (Wildman–Crippen MR) is 75.2 cm³/mol. The molecular weight excluding hydrogens is 210 g/mol. The Bertz CT molecular complexity index is 202. The Morgan fingerprint density at radius 1 is 1.06 bits per heavy atom. The van der Waals surface area contributed by atoms with Crippen molar-refractivity contribution in [3.8, 4) is 0 Å². The average Bonchev–Trinajstić information content (AvgIpc) is 2.27. The summed E-state index contributed by atoms with van der Waals surface area (Å²) in [7, 11) is 0. The van der Waals surface area contributed by atoms with E-state index in [4.69, 9.17) is 5.73 Å². The molecule has 0 spiro atoms. The molecule has 2 N–H and O–H groups in total. The Morgan fingerprint density at radius 3 is 2.00 bits per heavy atom. The van der Waals surface area contributed by atoms with Crippen molar-refractivity contribution >= 4 is 0 Å². The van der Waals surface area contributed by atoms with Gasteiger partial charge in [-0.1, -0.05) is 27.7 Å². The Labute approximate surface area is 107 Å². The van der Waals surface area contributed by atoms with Gasteiger partial charge in [-0.15, -0.1) is 0 Å². The summed E-state index contributed by atoms with van der Waals surface area (Å²) in [6.07, 6.45) is 1.23. The number of hydrogen-bond acceptors (Lipinski definition) is 3. The van der Waals surface area contributed by atoms with E-state index in [9.17, 15) is 0 Å². The Balaban J connectivity index is 2.32. The van der Waals surface area contributed by atoms with Gasteiger partial charge in [-0.05, 0) is 30.8 Å². The fraction of sp³-hybridized carbons (Fsp3) is 1.00. The lowest BCUT2D eigenvalue weighted by atomic mass is 9.84. The van der Waals surface area contributed by atoms with Gasteiger partial charge in [0, 0.05) is 32.7 Å². The van der Waals surface area contributed by atoms with E-state index in [1.807, 2.05) is 0 Å². The van der Waals surface area contributed by atoms with Crippen molar-refractivity contribution in [1.82, 2.24) is 9.80 Å². The number of piperazine rings is 1. The summed E-state index contributed by atoms with van der Waals surface area (Å²) in [5.41, 5.74) is 6.31. The third-order valence-corrected chi connectivity index (χ3v) is 3.66. The fourth-order valence-electron chi connectivity index (χ4n) is 2.74. The highest BCUT2D eigenvalue weighted by Crippen LogP contribution is 2.24. The van der Waals surface area contributed by atoms with Gasteiger partial charge in [-0.3, -0.25) is 0 Å². The molecule has 0 aromatic heterocycles. The van der Waals surface area contributed by atoms with Crippen LogP contribution >= 0.6 is 0 Å². The topological polar surface area (TPSA) is 32.5 Å². The molecule has 0 bridgehead atoms. The lowest BCUT2D eigenvalue weighted by Crippen LogP contribution is -2.48. The zero-order valence-electron chi connectivity index (χ0n) is 12.2. The second kappa shape index (κ2) is 6.72. The van der Waals surface area contributed by atoms with Crippen molar-refractivity contribution in [2.75, 3.05) is 45.8 Å². The van der Waals surface area contributed by atoms with E-state index >= 15 is 0 Å². The molecular formula is C14H31N3. The van der Waals surface area contributed by atoms with E-state index < -0.39 is 0 Å². The molecule has 1 rings (SSSR count). The summed E-state index contributed by atoms with van der Waals surface area (Å²) in [5, 5.41) is 0. The SMILES string of the molecule is CCN1CCN(CC(CN)CC(C)(C)C)CC1. The third-order valence-electron chi connectivity index (χ3n) is 3.66. The van der Waals surface area contributed by atoms with E-state index in [1.54, 1.807) is 0 Å². The maximum absolute atomic E-state index is 5.91. The summed E-state index contributed by atoms with van der Waals surface area (Å²) >= 11 is 0. The first-order chi connectivity index (χ1) is 7.94. The minimum Gasteiger partial charge on any atom is -0.330 e. The normalized spacial score (nSPS) is 21.7. The summed E-state index contributed by atoms with van der Waals surface area (Å²) in [5.74, 6) is 0.656. The van der Waals surface area contributed by atoms with Gasteiger partial charge in [0.05, 0.1) is 0 Å². The molecule has 1 fully saturated rings. The summed E-state index contributed by atoms with van der Waals surface area (Å²) in [6, 6.07) is 0. The first-order valence-corrected chi connectivity index (χ1v) is 7.09. The maximum atomic E-state index is 5.91. The van der Waals surface area contributed by atoms with Gasteiger partial charge in [0.1, 0.15) is 0 Å². The van der Waals surface area contributed by atoms with Crippen LogP contribution in [0.4, 0.5) is 0 Å². The largest absolute Gasteiger partial charge is 0.330 e. The van der Waals surface area contributed by atoms with Crippen LogP contribution in [0.2, 0.25) is 0 Å². The quantitative estimate of drug-likeness (QED) is 0.794. The van der Waals surface area contributed by atoms with E-state index in [0.29, 0.717) is 11.3 Å². The monoisotopic (exact) mass is 241 g/mol. The molecule has 0 saturated carbocycles. The maximum Gasteiger partial charge on any atom is 0.0110 e. The van der Waals surface area contributed by atoms with Crippen LogP contribution in [0, 0.1) is 11.3 Å². The second-order valence-corrected chi connectivity index (χ2v) is 6.60. The molecule has 3 nitrogen and oxygen atoms in total. The Hall–Kier alpha value is -0.120. The smallest absolute Gasteiger partial charge is 0.0110 e. The minimum absolute atomic E-state index is 0.398. The van der Waals surface area contributed by atoms with Crippen LogP contribution in [0.5, 0.6) is 0 Å². The molecule has 0 radical (unpaired) electrons. The molecule has 1 saturated heterocycles. The highest BCUT2D eigenvalue weighted by atomic mass is 15.3. The van der Waals surface area contributed by atoms with Crippen LogP contribution in [0.25, 0.3) is 0 Å². The van der Waals surface area contributed by atoms with Crippen LogP contribution in [0.15, 0.2) is 0 Å². The van der Waals surface area contributed by atoms with Crippen molar-refractivity contribution in [3.05, 3.63) is 0 Å². The summed E-state index contributed by atoms with van der Waals surface area (Å²) in [6.45, 7) is 17.3. The Kier molecular flexibility index (Phi) is 5.90. The van der Waals surface area contributed by atoms with Crippen molar-refractivity contribution in [2.24, 2.45) is 17.1 Å². The molecule has 0 aromatic carbocycles. The van der Waals surface area contributed by atoms with Gasteiger partial charge in [0.2, 0.25) is 0 Å². The van der Waals surface area contributed by atoms with Crippen LogP contribution < -0.4 is 5.73 Å². The summed E-state index contributed by atoms with van der Waals surface area (Å²) in [4.78, 5) is 5.12. The molecule has 3 heteroatoms. The van der Waals surface area contributed by atoms with Crippen LogP contribution in [0.3, 0.4) is 0 Å². The molecule has 1 unspecified atom stereocenters. The van der Waals surface area contributed by atoms with Crippen LogP contribution in [-0.4, -0.2) is 55.6 Å². The molecule has 1 heterocycles.